The molecule has 1 N–H and O–H groups in total. The zero-order valence-electron chi connectivity index (χ0n) is 9.48. The lowest BCUT2D eigenvalue weighted by atomic mass is 10.2. The second-order valence-electron chi connectivity index (χ2n) is 4.06. The van der Waals surface area contributed by atoms with Crippen LogP contribution in [0.4, 0.5) is 0 Å². The van der Waals surface area contributed by atoms with Gasteiger partial charge in [-0.15, -0.1) is 11.3 Å². The van der Waals surface area contributed by atoms with E-state index in [-0.39, 0.29) is 12.1 Å². The molecule has 1 aromatic rings. The fraction of sp³-hybridized carbons (Fsp3) is 0.636. The Morgan fingerprint density at radius 2 is 2.50 bits per heavy atom. The molecule has 0 aliphatic carbocycles. The Kier molecular flexibility index (Phi) is 3.90. The van der Waals surface area contributed by atoms with E-state index in [0.29, 0.717) is 6.54 Å². The number of nitrogens with one attached hydrogen (secondary N) is 1. The van der Waals surface area contributed by atoms with E-state index in [0.717, 1.165) is 18.7 Å². The maximum atomic E-state index is 11.4. The van der Waals surface area contributed by atoms with Gasteiger partial charge in [0.1, 0.15) is 6.17 Å². The zero-order valence-corrected chi connectivity index (χ0v) is 10.3. The molecule has 4 nitrogen and oxygen atoms in total. The molecule has 0 radical (unpaired) electrons. The molecule has 0 bridgehead atoms. The van der Waals surface area contributed by atoms with Crippen LogP contribution in [0.25, 0.3) is 0 Å². The van der Waals surface area contributed by atoms with E-state index in [1.807, 2.05) is 10.9 Å². The second-order valence-corrected chi connectivity index (χ2v) is 4.78. The van der Waals surface area contributed by atoms with Crippen molar-refractivity contribution >= 4 is 17.2 Å². The summed E-state index contributed by atoms with van der Waals surface area (Å²) in [5, 5.41) is 4.97. The second kappa shape index (κ2) is 5.41. The van der Waals surface area contributed by atoms with E-state index >= 15 is 0 Å². The molecule has 1 fully saturated rings. The van der Waals surface area contributed by atoms with Crippen LogP contribution in [0.1, 0.15) is 38.0 Å². The summed E-state index contributed by atoms with van der Waals surface area (Å²) in [7, 11) is 0. The molecule has 5 heteroatoms. The van der Waals surface area contributed by atoms with E-state index < -0.39 is 0 Å². The molecule has 16 heavy (non-hydrogen) atoms. The monoisotopic (exact) mass is 239 g/mol. The number of aromatic nitrogens is 1. The van der Waals surface area contributed by atoms with Crippen molar-refractivity contribution in [3.05, 3.63) is 16.6 Å². The lowest BCUT2D eigenvalue weighted by molar-refractivity contribution is -0.118. The van der Waals surface area contributed by atoms with Crippen LogP contribution in [0.5, 0.6) is 0 Å². The van der Waals surface area contributed by atoms with Gasteiger partial charge in [0.2, 0.25) is 5.91 Å². The number of amides is 1. The van der Waals surface area contributed by atoms with Gasteiger partial charge in [-0.1, -0.05) is 19.8 Å². The quantitative estimate of drug-likeness (QED) is 0.796. The van der Waals surface area contributed by atoms with Gasteiger partial charge in [0.25, 0.3) is 0 Å². The van der Waals surface area contributed by atoms with Crippen LogP contribution in [0.3, 0.4) is 0 Å². The van der Waals surface area contributed by atoms with Crippen molar-refractivity contribution < 1.29 is 4.79 Å². The molecular weight excluding hydrogens is 222 g/mol. The number of rotatable bonds is 5. The normalized spacial score (nSPS) is 21.3. The topological polar surface area (TPSA) is 45.2 Å². The van der Waals surface area contributed by atoms with Crippen LogP contribution >= 0.6 is 11.3 Å². The molecule has 1 saturated heterocycles. The van der Waals surface area contributed by atoms with Gasteiger partial charge in [-0.3, -0.25) is 9.69 Å². The molecule has 88 valence electrons. The lowest BCUT2D eigenvalue weighted by Gasteiger charge is -2.21. The Bertz CT molecular complexity index is 339. The maximum absolute atomic E-state index is 11.4. The number of nitrogens with zero attached hydrogens (tertiary/aromatic N) is 2. The summed E-state index contributed by atoms with van der Waals surface area (Å²) in [6.07, 6.45) is 3.56. The first kappa shape index (κ1) is 11.5. The summed E-state index contributed by atoms with van der Waals surface area (Å²) >= 11 is 1.57. The summed E-state index contributed by atoms with van der Waals surface area (Å²) in [5.74, 6) is 0.106. The molecule has 1 aliphatic rings. The van der Waals surface area contributed by atoms with Crippen molar-refractivity contribution in [3.8, 4) is 0 Å². The van der Waals surface area contributed by atoms with Crippen LogP contribution in [0, 0.1) is 0 Å². The van der Waals surface area contributed by atoms with Gasteiger partial charge in [-0.25, -0.2) is 4.98 Å². The molecule has 2 heterocycles. The molecule has 1 atom stereocenters. The van der Waals surface area contributed by atoms with Gasteiger partial charge in [0.15, 0.2) is 0 Å². The van der Waals surface area contributed by atoms with Gasteiger partial charge >= 0.3 is 0 Å². The highest BCUT2D eigenvalue weighted by atomic mass is 32.1. The average Bonchev–Trinajstić information content (AvgIpc) is 2.87. The standard InChI is InChI=1S/C11H17N3OS/c1-2-3-4-5-14-6-10(15)13-11(14)9-7-16-8-12-9/h7-8,11H,2-6H2,1H3,(H,13,15)/t11-/m1/s1. The SMILES string of the molecule is CCCCCN1CC(=O)N[C@H]1c1cscn1. The van der Waals surface area contributed by atoms with E-state index in [1.165, 1.54) is 12.8 Å². The number of thiazole rings is 1. The highest BCUT2D eigenvalue weighted by molar-refractivity contribution is 7.07. The van der Waals surface area contributed by atoms with Crippen LogP contribution in [-0.2, 0) is 4.79 Å². The molecule has 2 rings (SSSR count). The van der Waals surface area contributed by atoms with Crippen molar-refractivity contribution in [1.29, 1.82) is 0 Å². The summed E-state index contributed by atoms with van der Waals surface area (Å²) in [4.78, 5) is 17.9. The summed E-state index contributed by atoms with van der Waals surface area (Å²) in [6.45, 7) is 3.66. The minimum Gasteiger partial charge on any atom is -0.334 e. The van der Waals surface area contributed by atoms with E-state index in [9.17, 15) is 4.79 Å². The Labute approximate surface area is 99.7 Å². The molecule has 0 unspecified atom stereocenters. The molecule has 0 aromatic carbocycles. The Morgan fingerprint density at radius 3 is 3.19 bits per heavy atom. The van der Waals surface area contributed by atoms with Crippen molar-refractivity contribution in [3.63, 3.8) is 0 Å². The van der Waals surface area contributed by atoms with E-state index in [4.69, 9.17) is 0 Å². The summed E-state index contributed by atoms with van der Waals surface area (Å²) in [6, 6.07) is 0. The maximum Gasteiger partial charge on any atom is 0.235 e. The molecule has 0 spiro atoms. The van der Waals surface area contributed by atoms with E-state index in [2.05, 4.69) is 22.1 Å². The predicted molar refractivity (Wildman–Crippen MR) is 64.1 cm³/mol. The first-order valence-corrected chi connectivity index (χ1v) is 6.67. The number of carbonyl (C=O) groups is 1. The third-order valence-corrected chi connectivity index (χ3v) is 3.39. The molecule has 0 saturated carbocycles. The fourth-order valence-corrected chi connectivity index (χ4v) is 2.53. The van der Waals surface area contributed by atoms with Crippen LogP contribution in [0.2, 0.25) is 0 Å². The van der Waals surface area contributed by atoms with Crippen molar-refractivity contribution in [2.24, 2.45) is 0 Å². The number of hydrogen-bond donors (Lipinski definition) is 1. The van der Waals surface area contributed by atoms with Crippen LogP contribution in [-0.4, -0.2) is 28.9 Å². The first-order chi connectivity index (χ1) is 7.81. The third-order valence-electron chi connectivity index (χ3n) is 2.79. The summed E-state index contributed by atoms with van der Waals surface area (Å²) < 4.78 is 0. The van der Waals surface area contributed by atoms with Crippen LogP contribution in [0.15, 0.2) is 10.9 Å². The molecular formula is C11H17N3OS. The number of hydrogen-bond acceptors (Lipinski definition) is 4. The minimum absolute atomic E-state index is 0.00407. The van der Waals surface area contributed by atoms with Gasteiger partial charge in [0, 0.05) is 11.9 Å². The zero-order chi connectivity index (χ0) is 11.4. The smallest absolute Gasteiger partial charge is 0.235 e. The average molecular weight is 239 g/mol. The van der Waals surface area contributed by atoms with Gasteiger partial charge in [-0.05, 0) is 6.42 Å². The highest BCUT2D eigenvalue weighted by Gasteiger charge is 2.31. The molecule has 1 aliphatic heterocycles. The van der Waals surface area contributed by atoms with E-state index in [1.54, 1.807) is 11.3 Å². The molecule has 1 aromatic heterocycles. The highest BCUT2D eigenvalue weighted by Crippen LogP contribution is 2.22. The largest absolute Gasteiger partial charge is 0.334 e. The van der Waals surface area contributed by atoms with Crippen molar-refractivity contribution in [2.45, 2.75) is 32.4 Å². The Hall–Kier alpha value is -0.940. The van der Waals surface area contributed by atoms with Crippen molar-refractivity contribution in [1.82, 2.24) is 15.2 Å². The fourth-order valence-electron chi connectivity index (χ4n) is 1.96. The lowest BCUT2D eigenvalue weighted by Crippen LogP contribution is -2.28. The Balaban J connectivity index is 1.96. The number of unbranched alkanes of at least 4 members (excludes halogenated alkanes) is 2. The van der Waals surface area contributed by atoms with Gasteiger partial charge < -0.3 is 5.32 Å². The summed E-state index contributed by atoms with van der Waals surface area (Å²) in [5.41, 5.74) is 2.77. The van der Waals surface area contributed by atoms with Gasteiger partial charge in [-0.2, -0.15) is 0 Å². The van der Waals surface area contributed by atoms with Crippen molar-refractivity contribution in [2.75, 3.05) is 13.1 Å². The minimum atomic E-state index is -0.00407. The molecule has 1 amide bonds. The third kappa shape index (κ3) is 2.59. The number of carbonyl (C=O) groups excluding carboxylic acids is 1. The predicted octanol–water partition coefficient (Wildman–Crippen LogP) is 1.76. The Morgan fingerprint density at radius 1 is 1.62 bits per heavy atom. The first-order valence-electron chi connectivity index (χ1n) is 5.72. The van der Waals surface area contributed by atoms with Crippen LogP contribution < -0.4 is 5.32 Å². The van der Waals surface area contributed by atoms with Gasteiger partial charge in [0.05, 0.1) is 17.7 Å².